The Bertz CT molecular complexity index is 635. The van der Waals surface area contributed by atoms with Crippen LogP contribution in [0.3, 0.4) is 0 Å². The van der Waals surface area contributed by atoms with Crippen LogP contribution in [0.1, 0.15) is 44.8 Å². The molecule has 4 heteroatoms. The first-order chi connectivity index (χ1) is 13.1. The first-order valence-corrected chi connectivity index (χ1v) is 10.5. The van der Waals surface area contributed by atoms with E-state index >= 15 is 0 Å². The number of aromatic hydroxyl groups is 1. The van der Waals surface area contributed by atoms with Crippen LogP contribution < -0.4 is 0 Å². The summed E-state index contributed by atoms with van der Waals surface area (Å²) in [6.45, 7) is 7.03. The van der Waals surface area contributed by atoms with Crippen molar-refractivity contribution >= 4 is 12.6 Å². The zero-order chi connectivity index (χ0) is 19.6. The molecule has 4 rings (SSSR count). The second kappa shape index (κ2) is 11.4. The summed E-state index contributed by atoms with van der Waals surface area (Å²) >= 11 is 4.08. The molecule has 2 N–H and O–H groups in total. The quantitative estimate of drug-likeness (QED) is 0.638. The first-order valence-electron chi connectivity index (χ1n) is 10.0. The number of phenols is 1. The minimum atomic E-state index is -0.440. The summed E-state index contributed by atoms with van der Waals surface area (Å²) in [6.07, 6.45) is 3.70. The fourth-order valence-electron chi connectivity index (χ4n) is 3.96. The van der Waals surface area contributed by atoms with E-state index < -0.39 is 6.10 Å². The molecule has 1 aliphatic heterocycles. The van der Waals surface area contributed by atoms with E-state index in [9.17, 15) is 10.2 Å². The van der Waals surface area contributed by atoms with Crippen LogP contribution in [0, 0.1) is 11.8 Å². The number of hydrogen-bond donors (Lipinski definition) is 3. The molecule has 2 aliphatic rings. The Hall–Kier alpha value is -1.49. The van der Waals surface area contributed by atoms with Gasteiger partial charge in [0.2, 0.25) is 0 Å². The highest BCUT2D eigenvalue weighted by atomic mass is 32.1. The number of fused-ring (bicyclic) bond motifs is 1. The van der Waals surface area contributed by atoms with Crippen molar-refractivity contribution in [2.45, 2.75) is 44.1 Å². The smallest absolute Gasteiger partial charge is 0.115 e. The predicted molar refractivity (Wildman–Crippen MR) is 115 cm³/mol. The molecule has 1 heterocycles. The number of thiol groups is 1. The van der Waals surface area contributed by atoms with E-state index in [0.717, 1.165) is 41.9 Å². The summed E-state index contributed by atoms with van der Waals surface area (Å²) in [5.74, 6) is 2.00. The summed E-state index contributed by atoms with van der Waals surface area (Å²) in [5.41, 5.74) is 0.893. The predicted octanol–water partition coefficient (Wildman–Crippen LogP) is 5.16. The highest BCUT2D eigenvalue weighted by molar-refractivity contribution is 7.80. The third-order valence-corrected chi connectivity index (χ3v) is 5.57. The minimum Gasteiger partial charge on any atom is -0.508 e. The van der Waals surface area contributed by atoms with Crippen molar-refractivity contribution in [3.63, 3.8) is 0 Å². The van der Waals surface area contributed by atoms with E-state index in [2.05, 4.69) is 17.5 Å². The molecule has 2 fully saturated rings. The maximum absolute atomic E-state index is 10.2. The highest BCUT2D eigenvalue weighted by Crippen LogP contribution is 2.38. The van der Waals surface area contributed by atoms with E-state index in [0.29, 0.717) is 0 Å². The Labute approximate surface area is 169 Å². The van der Waals surface area contributed by atoms with E-state index in [4.69, 9.17) is 0 Å². The molecule has 1 unspecified atom stereocenters. The molecule has 0 amide bonds. The molecule has 0 spiro atoms. The monoisotopic (exact) mass is 387 g/mol. The van der Waals surface area contributed by atoms with E-state index in [1.54, 1.807) is 24.3 Å². The summed E-state index contributed by atoms with van der Waals surface area (Å²) in [7, 11) is 0. The third-order valence-electron chi connectivity index (χ3n) is 5.27. The van der Waals surface area contributed by atoms with Gasteiger partial charge in [0.15, 0.2) is 0 Å². The van der Waals surface area contributed by atoms with Crippen molar-refractivity contribution in [2.75, 3.05) is 19.6 Å². The maximum Gasteiger partial charge on any atom is 0.115 e. The lowest BCUT2D eigenvalue weighted by Crippen LogP contribution is -2.27. The van der Waals surface area contributed by atoms with Gasteiger partial charge in [0.05, 0.1) is 6.10 Å². The molecule has 2 aromatic rings. The van der Waals surface area contributed by atoms with Crippen LogP contribution in [0.25, 0.3) is 0 Å². The third kappa shape index (κ3) is 6.87. The Morgan fingerprint density at radius 1 is 0.963 bits per heavy atom. The number of phenolic OH excluding ortho intramolecular Hbond substituents is 1. The average molecular weight is 388 g/mol. The van der Waals surface area contributed by atoms with Gasteiger partial charge in [0.25, 0.3) is 0 Å². The standard InChI is InChI=1S/C15H21NO2.C6H6S.C2H6/c17-14-6-4-11(5-7-14)15(18)10-16-8-12-2-1-3-13(12)9-16;7-6-4-2-1-3-5-6;1-2/h4-7,12-13,15,17-18H,1-3,8-10H2;1-5,7H;1-2H3/t12-,13+,15?;;. The van der Waals surface area contributed by atoms with Crippen LogP contribution in [0.4, 0.5) is 0 Å². The molecule has 2 aromatic carbocycles. The van der Waals surface area contributed by atoms with Crippen molar-refractivity contribution in [3.05, 3.63) is 60.2 Å². The second-order valence-corrected chi connectivity index (χ2v) is 7.63. The normalized spacial score (nSPS) is 22.1. The molecule has 0 radical (unpaired) electrons. The van der Waals surface area contributed by atoms with Crippen LogP contribution >= 0.6 is 12.6 Å². The Morgan fingerprint density at radius 2 is 1.52 bits per heavy atom. The molecule has 1 saturated heterocycles. The van der Waals surface area contributed by atoms with Gasteiger partial charge in [0, 0.05) is 24.5 Å². The number of rotatable bonds is 3. The molecule has 0 aromatic heterocycles. The SMILES string of the molecule is CC.Oc1ccc(C(O)CN2C[C@H]3CCC[C@H]3C2)cc1.Sc1ccccc1. The number of aliphatic hydroxyl groups is 1. The van der Waals surface area contributed by atoms with Crippen LogP contribution in [0.2, 0.25) is 0 Å². The molecular weight excluding hydrogens is 354 g/mol. The van der Waals surface area contributed by atoms with Crippen molar-refractivity contribution < 1.29 is 10.2 Å². The number of hydrogen-bond acceptors (Lipinski definition) is 4. The Kier molecular flexibility index (Phi) is 9.19. The average Bonchev–Trinajstić information content (AvgIpc) is 3.27. The lowest BCUT2D eigenvalue weighted by molar-refractivity contribution is 0.122. The van der Waals surface area contributed by atoms with Crippen molar-refractivity contribution in [1.82, 2.24) is 4.90 Å². The summed E-state index contributed by atoms with van der Waals surface area (Å²) < 4.78 is 0. The number of likely N-dealkylation sites (tertiary alicyclic amines) is 1. The number of benzene rings is 2. The maximum atomic E-state index is 10.2. The molecule has 3 atom stereocenters. The molecule has 3 nitrogen and oxygen atoms in total. The van der Waals surface area contributed by atoms with Gasteiger partial charge in [-0.2, -0.15) is 0 Å². The minimum absolute atomic E-state index is 0.252. The topological polar surface area (TPSA) is 43.7 Å². The van der Waals surface area contributed by atoms with E-state index in [1.807, 2.05) is 44.2 Å². The van der Waals surface area contributed by atoms with E-state index in [1.165, 1.54) is 19.3 Å². The lowest BCUT2D eigenvalue weighted by atomic mass is 10.0. The Balaban J connectivity index is 0.000000244. The molecule has 0 bridgehead atoms. The summed E-state index contributed by atoms with van der Waals surface area (Å²) in [5, 5.41) is 19.5. The number of aliphatic hydroxyl groups excluding tert-OH is 1. The van der Waals surface area contributed by atoms with Crippen molar-refractivity contribution in [1.29, 1.82) is 0 Å². The lowest BCUT2D eigenvalue weighted by Gasteiger charge is -2.21. The fraction of sp³-hybridized carbons (Fsp3) is 0.478. The first kappa shape index (κ1) is 21.8. The van der Waals surface area contributed by atoms with Crippen LogP contribution in [0.15, 0.2) is 59.5 Å². The number of β-amino-alcohol motifs (C(OH)–C–C–N with tert-alkyl or cyclic N) is 1. The molecule has 1 aliphatic carbocycles. The molecular formula is C23H33NO2S. The van der Waals surface area contributed by atoms with Crippen molar-refractivity contribution in [2.24, 2.45) is 11.8 Å². The molecule has 27 heavy (non-hydrogen) atoms. The summed E-state index contributed by atoms with van der Waals surface area (Å²) in [4.78, 5) is 3.41. The number of nitrogens with zero attached hydrogens (tertiary/aromatic N) is 1. The van der Waals surface area contributed by atoms with Gasteiger partial charge in [-0.1, -0.05) is 50.6 Å². The Morgan fingerprint density at radius 3 is 2.00 bits per heavy atom. The second-order valence-electron chi connectivity index (χ2n) is 7.11. The van der Waals surface area contributed by atoms with Crippen LogP contribution in [-0.2, 0) is 0 Å². The van der Waals surface area contributed by atoms with Gasteiger partial charge in [-0.15, -0.1) is 12.6 Å². The van der Waals surface area contributed by atoms with E-state index in [-0.39, 0.29) is 5.75 Å². The zero-order valence-corrected chi connectivity index (χ0v) is 17.4. The van der Waals surface area contributed by atoms with Crippen LogP contribution in [-0.4, -0.2) is 34.7 Å². The van der Waals surface area contributed by atoms with Gasteiger partial charge in [-0.25, -0.2) is 0 Å². The van der Waals surface area contributed by atoms with Crippen LogP contribution in [0.5, 0.6) is 5.75 Å². The zero-order valence-electron chi connectivity index (χ0n) is 16.5. The van der Waals surface area contributed by atoms with Gasteiger partial charge >= 0.3 is 0 Å². The van der Waals surface area contributed by atoms with Gasteiger partial charge in [-0.05, 0) is 54.5 Å². The van der Waals surface area contributed by atoms with Crippen molar-refractivity contribution in [3.8, 4) is 5.75 Å². The van der Waals surface area contributed by atoms with Gasteiger partial charge in [-0.3, -0.25) is 4.90 Å². The molecule has 148 valence electrons. The fourth-order valence-corrected chi connectivity index (χ4v) is 4.13. The molecule has 1 saturated carbocycles. The summed E-state index contributed by atoms with van der Waals surface area (Å²) in [6, 6.07) is 16.7. The van der Waals surface area contributed by atoms with Gasteiger partial charge < -0.3 is 10.2 Å². The van der Waals surface area contributed by atoms with Gasteiger partial charge in [0.1, 0.15) is 5.75 Å². The largest absolute Gasteiger partial charge is 0.508 e. The highest BCUT2D eigenvalue weighted by Gasteiger charge is 2.36.